The third-order valence-electron chi connectivity index (χ3n) is 4.07. The lowest BCUT2D eigenvalue weighted by Gasteiger charge is -2.12. The quantitative estimate of drug-likeness (QED) is 0.507. The molecule has 0 aliphatic carbocycles. The first-order chi connectivity index (χ1) is 14.4. The molecule has 1 N–H and O–H groups in total. The fourth-order valence-electron chi connectivity index (χ4n) is 2.71. The van der Waals surface area contributed by atoms with E-state index in [1.54, 1.807) is 30.5 Å². The Morgan fingerprint density at radius 3 is 2.63 bits per heavy atom. The molecular weight excluding hydrogens is 383 g/mol. The number of aromatic nitrogens is 1. The van der Waals surface area contributed by atoms with Crippen molar-refractivity contribution in [3.05, 3.63) is 83.9 Å². The van der Waals surface area contributed by atoms with Crippen LogP contribution in [0.4, 0.5) is 10.1 Å². The summed E-state index contributed by atoms with van der Waals surface area (Å²) in [7, 11) is 0. The Morgan fingerprint density at radius 1 is 1.13 bits per heavy atom. The Balaban J connectivity index is 1.63. The van der Waals surface area contributed by atoms with Crippen molar-refractivity contribution in [3.8, 4) is 17.2 Å². The first kappa shape index (κ1) is 21.0. The molecule has 1 aromatic heterocycles. The SMILES string of the molecule is Cc1cc(OC(C)C)ccc1NC(=O)/C=C/c1ccc(Oc2cccnc2)c(F)c1. The molecule has 0 saturated heterocycles. The molecule has 0 atom stereocenters. The van der Waals surface area contributed by atoms with Gasteiger partial charge in [-0.05, 0) is 80.4 Å². The average molecular weight is 406 g/mol. The summed E-state index contributed by atoms with van der Waals surface area (Å²) in [6.07, 6.45) is 6.08. The molecule has 1 amide bonds. The maximum Gasteiger partial charge on any atom is 0.248 e. The van der Waals surface area contributed by atoms with Crippen molar-refractivity contribution in [2.24, 2.45) is 0 Å². The molecule has 1 heterocycles. The first-order valence-corrected chi connectivity index (χ1v) is 9.54. The molecule has 2 aromatic carbocycles. The van der Waals surface area contributed by atoms with Crippen LogP contribution in [0.15, 0.2) is 67.0 Å². The molecule has 3 aromatic rings. The average Bonchev–Trinajstić information content (AvgIpc) is 2.71. The molecule has 5 nitrogen and oxygen atoms in total. The van der Waals surface area contributed by atoms with Crippen LogP contribution in [0.3, 0.4) is 0 Å². The third kappa shape index (κ3) is 5.91. The van der Waals surface area contributed by atoms with Gasteiger partial charge in [0.2, 0.25) is 5.91 Å². The number of nitrogens with one attached hydrogen (secondary N) is 1. The van der Waals surface area contributed by atoms with Crippen molar-refractivity contribution in [1.82, 2.24) is 4.98 Å². The van der Waals surface area contributed by atoms with Gasteiger partial charge in [-0.15, -0.1) is 0 Å². The molecule has 0 spiro atoms. The Bertz CT molecular complexity index is 1050. The molecule has 0 bridgehead atoms. The second-order valence-electron chi connectivity index (χ2n) is 6.95. The number of rotatable bonds is 7. The maximum absolute atomic E-state index is 14.3. The molecule has 6 heteroatoms. The van der Waals surface area contributed by atoms with Crippen LogP contribution >= 0.6 is 0 Å². The Hall–Kier alpha value is -3.67. The topological polar surface area (TPSA) is 60.5 Å². The van der Waals surface area contributed by atoms with Gasteiger partial charge in [-0.3, -0.25) is 9.78 Å². The summed E-state index contributed by atoms with van der Waals surface area (Å²) >= 11 is 0. The van der Waals surface area contributed by atoms with Crippen molar-refractivity contribution >= 4 is 17.7 Å². The van der Waals surface area contributed by atoms with Crippen LogP contribution in [0.5, 0.6) is 17.2 Å². The van der Waals surface area contributed by atoms with Crippen LogP contribution in [0.2, 0.25) is 0 Å². The van der Waals surface area contributed by atoms with Crippen molar-refractivity contribution in [2.75, 3.05) is 5.32 Å². The Morgan fingerprint density at radius 2 is 1.97 bits per heavy atom. The lowest BCUT2D eigenvalue weighted by atomic mass is 10.1. The molecule has 0 fully saturated rings. The molecule has 154 valence electrons. The number of carbonyl (C=O) groups excluding carboxylic acids is 1. The number of hydrogen-bond acceptors (Lipinski definition) is 4. The summed E-state index contributed by atoms with van der Waals surface area (Å²) < 4.78 is 25.4. The van der Waals surface area contributed by atoms with Gasteiger partial charge in [-0.2, -0.15) is 0 Å². The fraction of sp³-hybridized carbons (Fsp3) is 0.167. The molecule has 0 aliphatic heterocycles. The number of aryl methyl sites for hydroxylation is 1. The van der Waals surface area contributed by atoms with Crippen molar-refractivity contribution in [3.63, 3.8) is 0 Å². The van der Waals surface area contributed by atoms with E-state index in [0.29, 0.717) is 17.0 Å². The number of pyridine rings is 1. The van der Waals surface area contributed by atoms with Crippen LogP contribution in [0.25, 0.3) is 6.08 Å². The summed E-state index contributed by atoms with van der Waals surface area (Å²) in [5.74, 6) is 0.438. The van der Waals surface area contributed by atoms with Crippen LogP contribution in [0.1, 0.15) is 25.0 Å². The number of carbonyl (C=O) groups is 1. The number of anilines is 1. The number of benzene rings is 2. The normalized spacial score (nSPS) is 11.0. The second-order valence-corrected chi connectivity index (χ2v) is 6.95. The highest BCUT2D eigenvalue weighted by Crippen LogP contribution is 2.25. The predicted octanol–water partition coefficient (Wildman–Crippen LogP) is 5.76. The van der Waals surface area contributed by atoms with Gasteiger partial charge >= 0.3 is 0 Å². The van der Waals surface area contributed by atoms with E-state index in [9.17, 15) is 9.18 Å². The lowest BCUT2D eigenvalue weighted by molar-refractivity contribution is -0.111. The van der Waals surface area contributed by atoms with E-state index < -0.39 is 5.82 Å². The van der Waals surface area contributed by atoms with Crippen LogP contribution < -0.4 is 14.8 Å². The van der Waals surface area contributed by atoms with Gasteiger partial charge in [0.25, 0.3) is 0 Å². The van der Waals surface area contributed by atoms with E-state index in [4.69, 9.17) is 9.47 Å². The van der Waals surface area contributed by atoms with Crippen LogP contribution in [-0.4, -0.2) is 17.0 Å². The standard InChI is InChI=1S/C24H23FN2O3/c1-16(2)29-19-8-9-22(17(3)13-19)27-24(28)11-7-18-6-10-23(21(25)14-18)30-20-5-4-12-26-15-20/h4-16H,1-3H3,(H,27,28)/b11-7+. The summed E-state index contributed by atoms with van der Waals surface area (Å²) in [6, 6.07) is 13.4. The minimum Gasteiger partial charge on any atom is -0.491 e. The van der Waals surface area contributed by atoms with Gasteiger partial charge in [0.05, 0.1) is 12.3 Å². The first-order valence-electron chi connectivity index (χ1n) is 9.54. The zero-order chi connectivity index (χ0) is 21.5. The summed E-state index contributed by atoms with van der Waals surface area (Å²) in [6.45, 7) is 5.80. The van der Waals surface area contributed by atoms with E-state index in [1.807, 2.05) is 32.9 Å². The summed E-state index contributed by atoms with van der Waals surface area (Å²) in [4.78, 5) is 16.2. The highest BCUT2D eigenvalue weighted by Gasteiger charge is 2.07. The largest absolute Gasteiger partial charge is 0.491 e. The minimum absolute atomic E-state index is 0.0781. The van der Waals surface area contributed by atoms with Crippen molar-refractivity contribution in [1.29, 1.82) is 0 Å². The fourth-order valence-corrected chi connectivity index (χ4v) is 2.71. The summed E-state index contributed by atoms with van der Waals surface area (Å²) in [5, 5.41) is 2.81. The molecule has 0 saturated carbocycles. The molecule has 30 heavy (non-hydrogen) atoms. The Labute approximate surface area is 175 Å². The zero-order valence-corrected chi connectivity index (χ0v) is 17.1. The lowest BCUT2D eigenvalue weighted by Crippen LogP contribution is -2.10. The predicted molar refractivity (Wildman–Crippen MR) is 115 cm³/mol. The van der Waals surface area contributed by atoms with Crippen LogP contribution in [0, 0.1) is 12.7 Å². The minimum atomic E-state index is -0.530. The highest BCUT2D eigenvalue weighted by atomic mass is 19.1. The van der Waals surface area contributed by atoms with E-state index >= 15 is 0 Å². The van der Waals surface area contributed by atoms with E-state index in [2.05, 4.69) is 10.3 Å². The van der Waals surface area contributed by atoms with Crippen LogP contribution in [-0.2, 0) is 4.79 Å². The van der Waals surface area contributed by atoms with E-state index in [0.717, 1.165) is 11.3 Å². The van der Waals surface area contributed by atoms with E-state index in [1.165, 1.54) is 30.5 Å². The number of nitrogens with zero attached hydrogens (tertiary/aromatic N) is 1. The number of hydrogen-bond donors (Lipinski definition) is 1. The van der Waals surface area contributed by atoms with Gasteiger partial charge in [0.15, 0.2) is 11.6 Å². The number of halogens is 1. The number of amides is 1. The van der Waals surface area contributed by atoms with Gasteiger partial charge in [-0.25, -0.2) is 4.39 Å². The smallest absolute Gasteiger partial charge is 0.248 e. The van der Waals surface area contributed by atoms with Gasteiger partial charge < -0.3 is 14.8 Å². The molecular formula is C24H23FN2O3. The third-order valence-corrected chi connectivity index (χ3v) is 4.07. The highest BCUT2D eigenvalue weighted by molar-refractivity contribution is 6.02. The molecule has 0 unspecified atom stereocenters. The monoisotopic (exact) mass is 406 g/mol. The molecule has 3 rings (SSSR count). The van der Waals surface area contributed by atoms with Gasteiger partial charge in [-0.1, -0.05) is 6.07 Å². The number of ether oxygens (including phenoxy) is 2. The maximum atomic E-state index is 14.3. The summed E-state index contributed by atoms with van der Waals surface area (Å²) in [5.41, 5.74) is 2.11. The molecule has 0 radical (unpaired) electrons. The van der Waals surface area contributed by atoms with Crippen molar-refractivity contribution < 1.29 is 18.7 Å². The zero-order valence-electron chi connectivity index (χ0n) is 17.1. The van der Waals surface area contributed by atoms with E-state index in [-0.39, 0.29) is 17.8 Å². The second kappa shape index (κ2) is 9.69. The Kier molecular flexibility index (Phi) is 6.80. The van der Waals surface area contributed by atoms with Gasteiger partial charge in [0, 0.05) is 18.0 Å². The molecule has 0 aliphatic rings. The van der Waals surface area contributed by atoms with Gasteiger partial charge in [0.1, 0.15) is 11.5 Å². The van der Waals surface area contributed by atoms with Crippen molar-refractivity contribution in [2.45, 2.75) is 26.9 Å².